The van der Waals surface area contributed by atoms with Crippen LogP contribution in [0, 0.1) is 27.7 Å². The van der Waals surface area contributed by atoms with E-state index in [1.165, 1.54) is 88.6 Å². The second-order valence-electron chi connectivity index (χ2n) is 29.4. The van der Waals surface area contributed by atoms with Crippen molar-refractivity contribution < 1.29 is 0 Å². The van der Waals surface area contributed by atoms with Gasteiger partial charge in [0.05, 0.1) is 5.69 Å². The van der Waals surface area contributed by atoms with Crippen LogP contribution in [0.1, 0.15) is 22.3 Å². The molecule has 0 aliphatic rings. The number of aryl methyl sites for hydroxylation is 4. The number of hydrogen-bond donors (Lipinski definition) is 0. The summed E-state index contributed by atoms with van der Waals surface area (Å²) in [5.74, 6) is 0. The molecule has 0 aliphatic carbocycles. The SMILES string of the molecule is Cc1ccc(N(c2ccc(-c3cccnc3)cc2)c2cc(-c3ccccc3)cc(-c3ccccc3)c2)cc1.Cc1ccc(N(c2ccccc2)c2cccc3ccccc23)cc1.Cc1cccc(-c2ccc(N(c3ccccc3)c3ccccc3)cc2)c1.Cc1cccc(N(c2cccc(-c3cccnc3)c2)c2ccc3ccccc3c2)c1. The number of anilines is 12. The van der Waals surface area contributed by atoms with Gasteiger partial charge in [-0.15, -0.1) is 0 Å². The van der Waals surface area contributed by atoms with E-state index >= 15 is 0 Å². The van der Waals surface area contributed by atoms with Gasteiger partial charge < -0.3 is 19.6 Å². The molecule has 0 unspecified atom stereocenters. The zero-order chi connectivity index (χ0) is 80.2. The summed E-state index contributed by atoms with van der Waals surface area (Å²) in [6.45, 7) is 8.51. The smallest absolute Gasteiger partial charge is 0.0540 e. The van der Waals surface area contributed by atoms with Crippen LogP contribution in [-0.2, 0) is 0 Å². The quantitative estimate of drug-likeness (QED) is 0.0905. The molecule has 0 spiro atoms. The summed E-state index contributed by atoms with van der Waals surface area (Å²) in [5.41, 5.74) is 30.5. The van der Waals surface area contributed by atoms with Crippen LogP contribution in [0.5, 0.6) is 0 Å². The van der Waals surface area contributed by atoms with E-state index in [0.29, 0.717) is 0 Å². The number of para-hydroxylation sites is 3. The maximum Gasteiger partial charge on any atom is 0.0540 e. The molecule has 568 valence electrons. The van der Waals surface area contributed by atoms with E-state index in [4.69, 9.17) is 0 Å². The highest BCUT2D eigenvalue weighted by molar-refractivity contribution is 5.99. The molecular weight excluding hydrogens is 1430 g/mol. The molecule has 6 nitrogen and oxygen atoms in total. The van der Waals surface area contributed by atoms with Crippen molar-refractivity contribution in [1.29, 1.82) is 0 Å². The Morgan fingerprint density at radius 1 is 0.161 bits per heavy atom. The Hall–Kier alpha value is -15.2. The third kappa shape index (κ3) is 18.7. The number of hydrogen-bond acceptors (Lipinski definition) is 6. The van der Waals surface area contributed by atoms with E-state index in [1.54, 1.807) is 6.20 Å². The van der Waals surface area contributed by atoms with E-state index < -0.39 is 0 Å². The molecule has 0 aliphatic heterocycles. The molecule has 0 radical (unpaired) electrons. The van der Waals surface area contributed by atoms with Gasteiger partial charge >= 0.3 is 0 Å². The normalized spacial score (nSPS) is 10.7. The van der Waals surface area contributed by atoms with E-state index in [2.05, 4.69) is 482 Å². The van der Waals surface area contributed by atoms with Crippen molar-refractivity contribution in [1.82, 2.24) is 9.97 Å². The predicted octanol–water partition coefficient (Wildman–Crippen LogP) is 31.3. The number of benzene rings is 17. The molecule has 19 rings (SSSR count). The lowest BCUT2D eigenvalue weighted by molar-refractivity contribution is 1.27. The maximum absolute atomic E-state index is 4.29. The van der Waals surface area contributed by atoms with E-state index in [9.17, 15) is 0 Å². The van der Waals surface area contributed by atoms with Gasteiger partial charge in [0.1, 0.15) is 0 Å². The summed E-state index contributed by atoms with van der Waals surface area (Å²) >= 11 is 0. The van der Waals surface area contributed by atoms with Gasteiger partial charge in [-0.3, -0.25) is 9.97 Å². The molecule has 0 N–H and O–H groups in total. The molecule has 17 aromatic carbocycles. The van der Waals surface area contributed by atoms with Gasteiger partial charge in [-0.1, -0.05) is 308 Å². The lowest BCUT2D eigenvalue weighted by Crippen LogP contribution is -2.10. The van der Waals surface area contributed by atoms with Gasteiger partial charge in [-0.2, -0.15) is 0 Å². The Labute approximate surface area is 694 Å². The van der Waals surface area contributed by atoms with Crippen molar-refractivity contribution >= 4 is 89.8 Å². The summed E-state index contributed by atoms with van der Waals surface area (Å²) in [5, 5.41) is 4.98. The average molecular weight is 1520 g/mol. The number of fused-ring (bicyclic) bond motifs is 2. The zero-order valence-corrected chi connectivity index (χ0v) is 66.7. The summed E-state index contributed by atoms with van der Waals surface area (Å²) < 4.78 is 0. The van der Waals surface area contributed by atoms with E-state index in [0.717, 1.165) is 79.1 Å². The molecule has 0 saturated heterocycles. The average Bonchev–Trinajstić information content (AvgIpc) is 0.755. The van der Waals surface area contributed by atoms with Crippen LogP contribution in [0.4, 0.5) is 68.2 Å². The van der Waals surface area contributed by atoms with Crippen LogP contribution in [0.25, 0.3) is 77.2 Å². The van der Waals surface area contributed by atoms with Gasteiger partial charge in [0, 0.05) is 98.3 Å². The molecule has 6 heteroatoms. The maximum atomic E-state index is 4.29. The van der Waals surface area contributed by atoms with E-state index in [1.807, 2.05) is 42.9 Å². The number of aromatic nitrogens is 2. The van der Waals surface area contributed by atoms with E-state index in [-0.39, 0.29) is 0 Å². The van der Waals surface area contributed by atoms with Crippen LogP contribution in [0.15, 0.2) is 474 Å². The molecule has 2 heterocycles. The fourth-order valence-electron chi connectivity index (χ4n) is 15.0. The van der Waals surface area contributed by atoms with Crippen molar-refractivity contribution in [3.05, 3.63) is 496 Å². The first kappa shape index (κ1) is 76.7. The minimum absolute atomic E-state index is 1.10. The number of rotatable bonds is 17. The van der Waals surface area contributed by atoms with Crippen LogP contribution in [0.3, 0.4) is 0 Å². The lowest BCUT2D eigenvalue weighted by Gasteiger charge is -2.27. The van der Waals surface area contributed by atoms with Gasteiger partial charge in [0.2, 0.25) is 0 Å². The highest BCUT2D eigenvalue weighted by Gasteiger charge is 2.20. The van der Waals surface area contributed by atoms with Crippen molar-refractivity contribution in [2.24, 2.45) is 0 Å². The summed E-state index contributed by atoms with van der Waals surface area (Å²) in [4.78, 5) is 17.8. The second kappa shape index (κ2) is 37.2. The predicted molar refractivity (Wildman–Crippen MR) is 501 cm³/mol. The van der Waals surface area contributed by atoms with Gasteiger partial charge in [0.25, 0.3) is 0 Å². The molecular formula is C112H90N6. The van der Waals surface area contributed by atoms with Crippen LogP contribution >= 0.6 is 0 Å². The van der Waals surface area contributed by atoms with Crippen molar-refractivity contribution in [3.63, 3.8) is 0 Å². The Morgan fingerprint density at radius 2 is 0.483 bits per heavy atom. The number of nitrogens with zero attached hydrogens (tertiary/aromatic N) is 6. The molecule has 2 aromatic heterocycles. The minimum Gasteiger partial charge on any atom is -0.311 e. The minimum atomic E-state index is 1.10. The fraction of sp³-hybridized carbons (Fsp3) is 0.0357. The summed E-state index contributed by atoms with van der Waals surface area (Å²) in [6.07, 6.45) is 7.43. The molecule has 0 amide bonds. The van der Waals surface area contributed by atoms with Crippen LogP contribution in [-0.4, -0.2) is 9.97 Å². The summed E-state index contributed by atoms with van der Waals surface area (Å²) in [7, 11) is 0. The first-order valence-electron chi connectivity index (χ1n) is 40.1. The largest absolute Gasteiger partial charge is 0.311 e. The monoisotopic (exact) mass is 1520 g/mol. The standard InChI is InChI=1S/C36H28N2.C28H22N2.C25H21N.C23H19N/c1-27-14-18-34(19-15-27)38(35-20-16-30(17-21-35)31-13-8-22-37-26-31)36-24-32(28-9-4-2-5-10-28)23-33(25-36)29-11-6-3-7-12-29;1-21-7-4-12-26(17-21)30(28-15-14-22-8-2-3-9-23(22)18-28)27-13-5-10-24(19-27)25-11-6-16-29-20-25;1-20-9-8-10-22(19-20)21-15-17-25(18-16-21)26(23-11-4-2-5-12-23)24-13-6-3-7-14-24;1-18-14-16-21(17-15-18)24(20-10-3-2-4-11-20)23-13-7-9-19-8-5-6-12-22(19)23/h2-26H,1H3;2-20H,1H3;2-19H,1H3;2-17H,1H3. The molecule has 0 fully saturated rings. The molecule has 0 bridgehead atoms. The Bertz CT molecular complexity index is 6330. The second-order valence-corrected chi connectivity index (χ2v) is 29.4. The Kier molecular flexibility index (Phi) is 24.2. The summed E-state index contributed by atoms with van der Waals surface area (Å²) in [6, 6.07) is 159. The first-order chi connectivity index (χ1) is 58.2. The number of pyridine rings is 2. The lowest BCUT2D eigenvalue weighted by atomic mass is 9.97. The highest BCUT2D eigenvalue weighted by atomic mass is 15.2. The van der Waals surface area contributed by atoms with Crippen LogP contribution < -0.4 is 19.6 Å². The molecule has 118 heavy (non-hydrogen) atoms. The Morgan fingerprint density at radius 3 is 1.00 bits per heavy atom. The van der Waals surface area contributed by atoms with Gasteiger partial charge in [-0.05, 0) is 257 Å². The Balaban J connectivity index is 0.000000119. The molecule has 19 aromatic rings. The first-order valence-corrected chi connectivity index (χ1v) is 40.1. The molecule has 0 saturated carbocycles. The third-order valence-electron chi connectivity index (χ3n) is 21.0. The zero-order valence-electron chi connectivity index (χ0n) is 66.7. The third-order valence-corrected chi connectivity index (χ3v) is 21.0. The topological polar surface area (TPSA) is 38.7 Å². The fourth-order valence-corrected chi connectivity index (χ4v) is 15.0. The molecule has 0 atom stereocenters. The van der Waals surface area contributed by atoms with Gasteiger partial charge in [0.15, 0.2) is 0 Å². The van der Waals surface area contributed by atoms with Crippen molar-refractivity contribution in [3.8, 4) is 55.6 Å². The van der Waals surface area contributed by atoms with Gasteiger partial charge in [-0.25, -0.2) is 0 Å². The van der Waals surface area contributed by atoms with Crippen molar-refractivity contribution in [2.45, 2.75) is 27.7 Å². The van der Waals surface area contributed by atoms with Crippen LogP contribution in [0.2, 0.25) is 0 Å². The highest BCUT2D eigenvalue weighted by Crippen LogP contribution is 2.44. The van der Waals surface area contributed by atoms with Crippen molar-refractivity contribution in [2.75, 3.05) is 19.6 Å².